The van der Waals surface area contributed by atoms with Crippen molar-refractivity contribution in [1.29, 1.82) is 0 Å². The van der Waals surface area contributed by atoms with Crippen LogP contribution in [0.2, 0.25) is 0 Å². The summed E-state index contributed by atoms with van der Waals surface area (Å²) in [5, 5.41) is 8.82. The minimum Gasteiger partial charge on any atom is -0.481 e. The van der Waals surface area contributed by atoms with E-state index in [1.165, 1.54) is 7.11 Å². The maximum Gasteiger partial charge on any atom is 0.306 e. The Balaban J connectivity index is 3.00. The van der Waals surface area contributed by atoms with E-state index >= 15 is 0 Å². The molecule has 0 spiro atoms. The Morgan fingerprint density at radius 2 is 1.93 bits per heavy atom. The number of hydrogen-bond donors (Lipinski definition) is 1. The van der Waals surface area contributed by atoms with Crippen LogP contribution in [0.3, 0.4) is 0 Å². The van der Waals surface area contributed by atoms with E-state index in [1.807, 2.05) is 31.2 Å². The summed E-state index contributed by atoms with van der Waals surface area (Å²) in [5.74, 6) is -0.861. The summed E-state index contributed by atoms with van der Waals surface area (Å²) < 4.78 is 5.29. The Kier molecular flexibility index (Phi) is 3.48. The van der Waals surface area contributed by atoms with Gasteiger partial charge in [0, 0.05) is 7.11 Å². The van der Waals surface area contributed by atoms with Gasteiger partial charge < -0.3 is 9.84 Å². The Labute approximate surface area is 89.7 Å². The molecule has 0 aliphatic rings. The SMILES string of the molecule is COC(C)(CC(=O)O)c1ccc(C)cc1. The van der Waals surface area contributed by atoms with Crippen molar-refractivity contribution in [3.05, 3.63) is 35.4 Å². The van der Waals surface area contributed by atoms with Gasteiger partial charge in [-0.15, -0.1) is 0 Å². The van der Waals surface area contributed by atoms with Crippen LogP contribution in [0.1, 0.15) is 24.5 Å². The number of carboxylic acids is 1. The maximum atomic E-state index is 10.7. The van der Waals surface area contributed by atoms with Crippen molar-refractivity contribution in [2.24, 2.45) is 0 Å². The lowest BCUT2D eigenvalue weighted by atomic mass is 9.92. The van der Waals surface area contributed by atoms with Crippen molar-refractivity contribution in [3.8, 4) is 0 Å². The summed E-state index contributed by atoms with van der Waals surface area (Å²) in [4.78, 5) is 10.7. The molecule has 0 bridgehead atoms. The van der Waals surface area contributed by atoms with E-state index in [9.17, 15) is 4.79 Å². The molecule has 1 aromatic rings. The van der Waals surface area contributed by atoms with Gasteiger partial charge in [0.1, 0.15) is 5.60 Å². The molecule has 1 aromatic carbocycles. The predicted octanol–water partition coefficient (Wildman–Crippen LogP) is 2.33. The topological polar surface area (TPSA) is 46.5 Å². The lowest BCUT2D eigenvalue weighted by Gasteiger charge is -2.26. The molecule has 0 saturated carbocycles. The molecule has 0 fully saturated rings. The van der Waals surface area contributed by atoms with Gasteiger partial charge in [-0.1, -0.05) is 29.8 Å². The fraction of sp³-hybridized carbons (Fsp3) is 0.417. The van der Waals surface area contributed by atoms with Gasteiger partial charge in [-0.3, -0.25) is 4.79 Å². The first kappa shape index (κ1) is 11.7. The molecule has 0 radical (unpaired) electrons. The van der Waals surface area contributed by atoms with Crippen LogP contribution in [0.15, 0.2) is 24.3 Å². The van der Waals surface area contributed by atoms with E-state index in [0.29, 0.717) is 0 Å². The van der Waals surface area contributed by atoms with Crippen molar-refractivity contribution in [3.63, 3.8) is 0 Å². The van der Waals surface area contributed by atoms with Gasteiger partial charge in [0.2, 0.25) is 0 Å². The zero-order valence-electron chi connectivity index (χ0n) is 9.28. The first-order chi connectivity index (χ1) is 6.98. The second-order valence-corrected chi connectivity index (χ2v) is 3.87. The maximum absolute atomic E-state index is 10.7. The molecular weight excluding hydrogens is 192 g/mol. The molecule has 0 aromatic heterocycles. The van der Waals surface area contributed by atoms with Crippen LogP contribution < -0.4 is 0 Å². The average Bonchev–Trinajstić information content (AvgIpc) is 2.17. The van der Waals surface area contributed by atoms with Gasteiger partial charge in [-0.25, -0.2) is 0 Å². The molecule has 15 heavy (non-hydrogen) atoms. The number of rotatable bonds is 4. The highest BCUT2D eigenvalue weighted by molar-refractivity contribution is 5.68. The zero-order valence-corrected chi connectivity index (χ0v) is 9.28. The molecular formula is C12H16O3. The molecule has 3 nitrogen and oxygen atoms in total. The first-order valence-electron chi connectivity index (χ1n) is 4.82. The Bertz CT molecular complexity index is 342. The number of carbonyl (C=O) groups is 1. The summed E-state index contributed by atoms with van der Waals surface area (Å²) >= 11 is 0. The molecule has 1 unspecified atom stereocenters. The molecule has 1 rings (SSSR count). The second kappa shape index (κ2) is 4.45. The first-order valence-corrected chi connectivity index (χ1v) is 4.82. The summed E-state index contributed by atoms with van der Waals surface area (Å²) in [7, 11) is 1.53. The van der Waals surface area contributed by atoms with Crippen LogP contribution in [0, 0.1) is 6.92 Å². The monoisotopic (exact) mass is 208 g/mol. The zero-order chi connectivity index (χ0) is 11.5. The standard InChI is InChI=1S/C12H16O3/c1-9-4-6-10(7-5-9)12(2,15-3)8-11(13)14/h4-7H,8H2,1-3H3,(H,13,14). The lowest BCUT2D eigenvalue weighted by Crippen LogP contribution is -2.27. The molecule has 0 aliphatic carbocycles. The largest absolute Gasteiger partial charge is 0.481 e. The highest BCUT2D eigenvalue weighted by Gasteiger charge is 2.29. The van der Waals surface area contributed by atoms with Crippen LogP contribution in [0.5, 0.6) is 0 Å². The molecule has 1 atom stereocenters. The number of methoxy groups -OCH3 is 1. The van der Waals surface area contributed by atoms with Gasteiger partial charge in [0.15, 0.2) is 0 Å². The van der Waals surface area contributed by atoms with Crippen molar-refractivity contribution < 1.29 is 14.6 Å². The highest BCUT2D eigenvalue weighted by atomic mass is 16.5. The van der Waals surface area contributed by atoms with Crippen LogP contribution in [0.4, 0.5) is 0 Å². The van der Waals surface area contributed by atoms with Gasteiger partial charge in [-0.05, 0) is 19.4 Å². The molecule has 1 N–H and O–H groups in total. The predicted molar refractivity (Wildman–Crippen MR) is 57.8 cm³/mol. The Morgan fingerprint density at radius 3 is 2.33 bits per heavy atom. The van der Waals surface area contributed by atoms with Crippen LogP contribution >= 0.6 is 0 Å². The third kappa shape index (κ3) is 2.80. The minimum atomic E-state index is -0.861. The fourth-order valence-electron chi connectivity index (χ4n) is 1.49. The van der Waals surface area contributed by atoms with Crippen LogP contribution in [-0.4, -0.2) is 18.2 Å². The van der Waals surface area contributed by atoms with Gasteiger partial charge in [0.25, 0.3) is 0 Å². The third-order valence-electron chi connectivity index (χ3n) is 2.60. The Hall–Kier alpha value is -1.35. The quantitative estimate of drug-likeness (QED) is 0.826. The molecule has 3 heteroatoms. The van der Waals surface area contributed by atoms with Crippen LogP contribution in [0.25, 0.3) is 0 Å². The van der Waals surface area contributed by atoms with E-state index < -0.39 is 11.6 Å². The molecule has 0 heterocycles. The lowest BCUT2D eigenvalue weighted by molar-refractivity contribution is -0.143. The van der Waals surface area contributed by atoms with Gasteiger partial charge in [-0.2, -0.15) is 0 Å². The minimum absolute atomic E-state index is 0.0352. The van der Waals surface area contributed by atoms with E-state index in [1.54, 1.807) is 6.92 Å². The van der Waals surface area contributed by atoms with Gasteiger partial charge >= 0.3 is 5.97 Å². The Morgan fingerprint density at radius 1 is 1.40 bits per heavy atom. The van der Waals surface area contributed by atoms with Crippen molar-refractivity contribution in [1.82, 2.24) is 0 Å². The number of ether oxygens (including phenoxy) is 1. The van der Waals surface area contributed by atoms with Crippen LogP contribution in [-0.2, 0) is 15.1 Å². The van der Waals surface area contributed by atoms with E-state index in [0.717, 1.165) is 11.1 Å². The summed E-state index contributed by atoms with van der Waals surface area (Å²) in [5.41, 5.74) is 1.28. The van der Waals surface area contributed by atoms with Crippen molar-refractivity contribution in [2.45, 2.75) is 25.9 Å². The number of benzene rings is 1. The van der Waals surface area contributed by atoms with Crippen molar-refractivity contribution in [2.75, 3.05) is 7.11 Å². The van der Waals surface area contributed by atoms with E-state index in [-0.39, 0.29) is 6.42 Å². The smallest absolute Gasteiger partial charge is 0.306 e. The molecule has 82 valence electrons. The van der Waals surface area contributed by atoms with E-state index in [4.69, 9.17) is 9.84 Å². The van der Waals surface area contributed by atoms with Crippen molar-refractivity contribution >= 4 is 5.97 Å². The van der Waals surface area contributed by atoms with E-state index in [2.05, 4.69) is 0 Å². The fourth-order valence-corrected chi connectivity index (χ4v) is 1.49. The number of aryl methyl sites for hydroxylation is 1. The number of hydrogen-bond acceptors (Lipinski definition) is 2. The molecule has 0 amide bonds. The number of aliphatic carboxylic acids is 1. The summed E-state index contributed by atoms with van der Waals surface area (Å²) in [6, 6.07) is 7.71. The second-order valence-electron chi connectivity index (χ2n) is 3.87. The summed E-state index contributed by atoms with van der Waals surface area (Å²) in [6.45, 7) is 3.77. The summed E-state index contributed by atoms with van der Waals surface area (Å²) in [6.07, 6.45) is -0.0352. The normalized spacial score (nSPS) is 14.6. The average molecular weight is 208 g/mol. The number of carboxylic acid groups (broad SMARTS) is 1. The third-order valence-corrected chi connectivity index (χ3v) is 2.60. The highest BCUT2D eigenvalue weighted by Crippen LogP contribution is 2.28. The molecule has 0 saturated heterocycles. The molecule has 0 aliphatic heterocycles. The van der Waals surface area contributed by atoms with Gasteiger partial charge in [0.05, 0.1) is 6.42 Å².